The van der Waals surface area contributed by atoms with Crippen molar-refractivity contribution in [2.45, 2.75) is 70.6 Å². The lowest BCUT2D eigenvalue weighted by Gasteiger charge is -2.43. The number of hydrogen-bond acceptors (Lipinski definition) is 6. The minimum Gasteiger partial charge on any atom is -0.493 e. The Morgan fingerprint density at radius 3 is 2.36 bits per heavy atom. The number of benzene rings is 2. The quantitative estimate of drug-likeness (QED) is 0.104. The third-order valence-corrected chi connectivity index (χ3v) is 7.65. The van der Waals surface area contributed by atoms with Gasteiger partial charge in [0.1, 0.15) is 29.7 Å². The first kappa shape index (κ1) is 34.6. The van der Waals surface area contributed by atoms with Gasteiger partial charge in [0, 0.05) is 59.7 Å². The van der Waals surface area contributed by atoms with Crippen molar-refractivity contribution in [2.24, 2.45) is 0 Å². The lowest BCUT2D eigenvalue weighted by Crippen LogP contribution is -2.48. The van der Waals surface area contributed by atoms with Gasteiger partial charge in [-0.15, -0.1) is 0 Å². The molecule has 0 fully saturated rings. The Morgan fingerprint density at radius 1 is 1.00 bits per heavy atom. The van der Waals surface area contributed by atoms with Crippen molar-refractivity contribution >= 4 is 16.9 Å². The molecule has 7 nitrogen and oxygen atoms in total. The van der Waals surface area contributed by atoms with E-state index in [1.807, 2.05) is 31.2 Å². The predicted octanol–water partition coefficient (Wildman–Crippen LogP) is 6.92. The zero-order valence-corrected chi connectivity index (χ0v) is 26.1. The molecular weight excluding hydrogens is 599 g/mol. The third-order valence-electron chi connectivity index (χ3n) is 7.65. The highest BCUT2D eigenvalue weighted by molar-refractivity contribution is 5.85. The summed E-state index contributed by atoms with van der Waals surface area (Å²) >= 11 is 0. The lowest BCUT2D eigenvalue weighted by molar-refractivity contribution is -0.148. The van der Waals surface area contributed by atoms with Crippen molar-refractivity contribution < 1.29 is 45.7 Å². The number of hydrogen-bond donors (Lipinski definition) is 1. The van der Waals surface area contributed by atoms with E-state index in [0.717, 1.165) is 28.6 Å². The number of ether oxygens (including phenoxy) is 4. The number of esters is 1. The summed E-state index contributed by atoms with van der Waals surface area (Å²) in [6.45, 7) is 5.68. The van der Waals surface area contributed by atoms with Crippen LogP contribution >= 0.6 is 0 Å². The number of aromatic amines is 1. The van der Waals surface area contributed by atoms with Crippen molar-refractivity contribution in [3.05, 3.63) is 64.9 Å². The molecule has 1 aliphatic heterocycles. The Labute approximate surface area is 260 Å². The van der Waals surface area contributed by atoms with E-state index in [1.165, 1.54) is 13.8 Å². The average Bonchev–Trinajstić information content (AvgIpc) is 3.31. The summed E-state index contributed by atoms with van der Waals surface area (Å²) in [5.41, 5.74) is 0.429. The van der Waals surface area contributed by atoms with Crippen molar-refractivity contribution in [3.8, 4) is 5.75 Å². The van der Waals surface area contributed by atoms with Gasteiger partial charge in [0.2, 0.25) is 0 Å². The van der Waals surface area contributed by atoms with Gasteiger partial charge in [0.25, 0.3) is 5.92 Å². The highest BCUT2D eigenvalue weighted by atomic mass is 19.3. The van der Waals surface area contributed by atoms with E-state index < -0.39 is 54.7 Å². The van der Waals surface area contributed by atoms with Crippen LogP contribution in [-0.2, 0) is 25.4 Å². The largest absolute Gasteiger partial charge is 0.493 e. The van der Waals surface area contributed by atoms with Crippen molar-refractivity contribution in [1.82, 2.24) is 9.88 Å². The summed E-state index contributed by atoms with van der Waals surface area (Å²) in [4.78, 5) is 16.3. The second kappa shape index (κ2) is 14.9. The molecule has 0 aliphatic carbocycles. The van der Waals surface area contributed by atoms with E-state index in [2.05, 4.69) is 4.98 Å². The highest BCUT2D eigenvalue weighted by Gasteiger charge is 2.41. The number of aromatic nitrogens is 1. The number of para-hydroxylation sites is 1. The minimum atomic E-state index is -3.15. The number of nitrogens with one attached hydrogen (secondary N) is 1. The van der Waals surface area contributed by atoms with Crippen LogP contribution < -0.4 is 4.74 Å². The van der Waals surface area contributed by atoms with Crippen molar-refractivity contribution in [2.75, 3.05) is 46.2 Å². The Balaban J connectivity index is 1.40. The molecule has 0 unspecified atom stereocenters. The molecule has 0 radical (unpaired) electrons. The van der Waals surface area contributed by atoms with Crippen LogP contribution in [-0.4, -0.2) is 79.7 Å². The summed E-state index contributed by atoms with van der Waals surface area (Å²) in [6.07, 6.45) is -0.721. The number of halogens is 5. The van der Waals surface area contributed by atoms with Crippen LogP contribution in [0.4, 0.5) is 22.0 Å². The van der Waals surface area contributed by atoms with E-state index in [-0.39, 0.29) is 56.9 Å². The third kappa shape index (κ3) is 9.17. The van der Waals surface area contributed by atoms with E-state index in [0.29, 0.717) is 12.1 Å². The lowest BCUT2D eigenvalue weighted by atomic mass is 9.87. The second-order valence-electron chi connectivity index (χ2n) is 11.9. The molecule has 1 aromatic heterocycles. The van der Waals surface area contributed by atoms with Crippen molar-refractivity contribution in [3.63, 3.8) is 0 Å². The molecule has 248 valence electrons. The van der Waals surface area contributed by atoms with Crippen LogP contribution in [0.25, 0.3) is 10.9 Å². The van der Waals surface area contributed by atoms with E-state index in [1.54, 1.807) is 11.8 Å². The fourth-order valence-electron chi connectivity index (χ4n) is 5.65. The standard InChI is InChI=1S/C33H41F5N2O5/c1-5-44-28(41)19-43-15-14-42-12-10-33(37,38)11-13-45-22-17-25(34)29(26(35)18-22)31-30-24(23-8-6-7-9-27(23)39-30)16-21(2)40(31)20-32(3,4)36/h6-9,17-18,21,31,39H,5,10-16,19-20H2,1-4H3/t21-,31-/m1/s1. The van der Waals surface area contributed by atoms with Crippen LogP contribution in [0.15, 0.2) is 36.4 Å². The van der Waals surface area contributed by atoms with E-state index in [9.17, 15) is 18.0 Å². The van der Waals surface area contributed by atoms with Gasteiger partial charge in [0.15, 0.2) is 0 Å². The molecule has 12 heteroatoms. The average molecular weight is 641 g/mol. The van der Waals surface area contributed by atoms with Gasteiger partial charge in [-0.2, -0.15) is 0 Å². The van der Waals surface area contributed by atoms with Gasteiger partial charge in [-0.05, 0) is 45.7 Å². The van der Waals surface area contributed by atoms with Gasteiger partial charge in [-0.25, -0.2) is 26.7 Å². The fraction of sp³-hybridized carbons (Fsp3) is 0.545. The number of H-pyrrole nitrogens is 1. The molecule has 45 heavy (non-hydrogen) atoms. The van der Waals surface area contributed by atoms with E-state index >= 15 is 8.78 Å². The van der Waals surface area contributed by atoms with Crippen LogP contribution in [0.1, 0.15) is 63.4 Å². The molecule has 0 spiro atoms. The normalized spacial score (nSPS) is 17.4. The molecule has 0 bridgehead atoms. The highest BCUT2D eigenvalue weighted by Crippen LogP contribution is 2.43. The number of alkyl halides is 3. The van der Waals surface area contributed by atoms with Gasteiger partial charge in [0.05, 0.1) is 39.1 Å². The smallest absolute Gasteiger partial charge is 0.332 e. The second-order valence-corrected chi connectivity index (χ2v) is 11.9. The molecule has 0 amide bonds. The summed E-state index contributed by atoms with van der Waals surface area (Å²) in [6, 6.07) is 8.37. The predicted molar refractivity (Wildman–Crippen MR) is 160 cm³/mol. The van der Waals surface area contributed by atoms with Crippen molar-refractivity contribution in [1.29, 1.82) is 0 Å². The topological polar surface area (TPSA) is 73.0 Å². The Bertz CT molecular complexity index is 1420. The molecule has 0 saturated carbocycles. The minimum absolute atomic E-state index is 0.0247. The molecule has 4 rings (SSSR count). The molecule has 3 aromatic rings. The first-order valence-corrected chi connectivity index (χ1v) is 15.1. The van der Waals surface area contributed by atoms with Gasteiger partial charge in [-0.3, -0.25) is 4.90 Å². The number of carbonyl (C=O) groups is 1. The SMILES string of the molecule is CCOC(=O)COCCOCCC(F)(F)CCOc1cc(F)c([C@@H]2c3[nH]c4ccccc4c3C[C@@H](C)N2CC(C)(C)F)c(F)c1. The Morgan fingerprint density at radius 2 is 1.67 bits per heavy atom. The zero-order valence-electron chi connectivity index (χ0n) is 26.1. The molecule has 1 N–H and O–H groups in total. The van der Waals surface area contributed by atoms with Gasteiger partial charge in [-0.1, -0.05) is 18.2 Å². The molecule has 1 aliphatic rings. The first-order chi connectivity index (χ1) is 21.3. The maximum atomic E-state index is 15.8. The van der Waals surface area contributed by atoms with Crippen LogP contribution in [0.2, 0.25) is 0 Å². The Kier molecular flexibility index (Phi) is 11.5. The molecule has 2 heterocycles. The maximum Gasteiger partial charge on any atom is 0.332 e. The molecule has 2 atom stereocenters. The van der Waals surface area contributed by atoms with Crippen LogP contribution in [0.5, 0.6) is 5.75 Å². The van der Waals surface area contributed by atoms with Gasteiger partial charge >= 0.3 is 5.97 Å². The van der Waals surface area contributed by atoms with Crippen LogP contribution in [0, 0.1) is 11.6 Å². The first-order valence-electron chi connectivity index (χ1n) is 15.1. The number of nitrogens with zero attached hydrogens (tertiary/aromatic N) is 1. The number of carbonyl (C=O) groups excluding carboxylic acids is 1. The fourth-order valence-corrected chi connectivity index (χ4v) is 5.65. The summed E-state index contributed by atoms with van der Waals surface area (Å²) in [7, 11) is 0. The van der Waals surface area contributed by atoms with Gasteiger partial charge < -0.3 is 23.9 Å². The summed E-state index contributed by atoms with van der Waals surface area (Å²) in [5.74, 6) is -5.72. The van der Waals surface area contributed by atoms with Crippen LogP contribution in [0.3, 0.4) is 0 Å². The zero-order chi connectivity index (χ0) is 32.8. The Hall–Kier alpha value is -3.22. The van der Waals surface area contributed by atoms with E-state index in [4.69, 9.17) is 18.9 Å². The summed E-state index contributed by atoms with van der Waals surface area (Å²) in [5, 5.41) is 0.943. The summed E-state index contributed by atoms with van der Waals surface area (Å²) < 4.78 is 95.4. The number of rotatable bonds is 16. The molecule has 2 aromatic carbocycles. The monoisotopic (exact) mass is 640 g/mol. The molecule has 0 saturated heterocycles. The maximum absolute atomic E-state index is 15.8. The number of fused-ring (bicyclic) bond motifs is 3. The molecular formula is C33H41F5N2O5.